The predicted octanol–water partition coefficient (Wildman–Crippen LogP) is 6.88. The maximum atomic E-state index is 13.1. The molecule has 0 saturated carbocycles. The quantitative estimate of drug-likeness (QED) is 0.0728. The number of benzene rings is 3. The summed E-state index contributed by atoms with van der Waals surface area (Å²) >= 11 is 3.05. The number of methoxy groups -OCH3 is 2. The molecule has 0 bridgehead atoms. The van der Waals surface area contributed by atoms with Gasteiger partial charge in [-0.3, -0.25) is 23.8 Å². The lowest BCUT2D eigenvalue weighted by Crippen LogP contribution is -2.38. The number of nitrogens with zero attached hydrogens (tertiary/aromatic N) is 2. The molecule has 3 heterocycles. The van der Waals surface area contributed by atoms with E-state index in [4.69, 9.17) is 23.5 Å². The molecule has 4 atom stereocenters. The molecule has 2 fully saturated rings. The standard InChI is InChI=1S/C39H46N3O8PS2/c1-27-25-42(38(45)40-37(27)44)36-24-34(50-51(41-20-8-9-21-41)53-23-22-52-28(2)43)35(49-36)26-48-39(29-10-6-5-7-11-29,30-12-16-32(46-3)17-13-30)31-14-18-33(47-4)19-15-31/h5-7,10-19,25,34-36H,8-9,20-24,26H2,1-4H3,(H,40,44,45)/t34-,35+,36+,51?/m0/s1. The predicted molar refractivity (Wildman–Crippen MR) is 211 cm³/mol. The fourth-order valence-corrected chi connectivity index (χ4v) is 11.8. The minimum atomic E-state index is -1.10. The average Bonchev–Trinajstić information content (AvgIpc) is 3.86. The van der Waals surface area contributed by atoms with Gasteiger partial charge in [-0.15, -0.1) is 0 Å². The zero-order chi connectivity index (χ0) is 37.4. The molecule has 6 rings (SSSR count). The van der Waals surface area contributed by atoms with Crippen LogP contribution in [0.5, 0.6) is 11.5 Å². The van der Waals surface area contributed by atoms with Gasteiger partial charge in [0, 0.05) is 49.7 Å². The third-order valence-corrected chi connectivity index (χ3v) is 14.6. The summed E-state index contributed by atoms with van der Waals surface area (Å²) in [7, 11) is 2.18. The molecule has 14 heteroatoms. The number of rotatable bonds is 16. The van der Waals surface area contributed by atoms with Crippen molar-refractivity contribution in [3.8, 4) is 11.5 Å². The second-order valence-electron chi connectivity index (χ2n) is 12.9. The molecule has 11 nitrogen and oxygen atoms in total. The number of thioether (sulfide) groups is 1. The monoisotopic (exact) mass is 779 g/mol. The van der Waals surface area contributed by atoms with Crippen molar-refractivity contribution >= 4 is 35.8 Å². The minimum absolute atomic E-state index is 0.0959. The Morgan fingerprint density at radius 2 is 1.51 bits per heavy atom. The lowest BCUT2D eigenvalue weighted by Gasteiger charge is -2.37. The molecular formula is C39H46N3O8PS2. The Kier molecular flexibility index (Phi) is 13.5. The molecule has 282 valence electrons. The smallest absolute Gasteiger partial charge is 0.330 e. The van der Waals surface area contributed by atoms with Crippen LogP contribution in [0.25, 0.3) is 0 Å². The van der Waals surface area contributed by atoms with Crippen molar-refractivity contribution in [1.29, 1.82) is 0 Å². The van der Waals surface area contributed by atoms with Gasteiger partial charge in [0.1, 0.15) is 29.4 Å². The first kappa shape index (κ1) is 39.3. The van der Waals surface area contributed by atoms with Crippen LogP contribution in [0.3, 0.4) is 0 Å². The largest absolute Gasteiger partial charge is 0.497 e. The fourth-order valence-electron chi connectivity index (χ4n) is 6.67. The van der Waals surface area contributed by atoms with Gasteiger partial charge in [0.15, 0.2) is 12.6 Å². The van der Waals surface area contributed by atoms with Crippen molar-refractivity contribution in [2.45, 2.75) is 57.1 Å². The van der Waals surface area contributed by atoms with Crippen molar-refractivity contribution in [3.63, 3.8) is 0 Å². The van der Waals surface area contributed by atoms with Crippen LogP contribution >= 0.6 is 30.6 Å². The molecular weight excluding hydrogens is 734 g/mol. The Labute approximate surface area is 319 Å². The number of carbonyl (C=O) groups is 1. The number of nitrogens with one attached hydrogen (secondary N) is 1. The van der Waals surface area contributed by atoms with Crippen LogP contribution in [0, 0.1) is 6.92 Å². The number of H-pyrrole nitrogens is 1. The maximum absolute atomic E-state index is 13.1. The van der Waals surface area contributed by atoms with Crippen LogP contribution in [0.1, 0.15) is 54.7 Å². The Morgan fingerprint density at radius 1 is 0.906 bits per heavy atom. The first-order chi connectivity index (χ1) is 25.7. The second kappa shape index (κ2) is 18.3. The highest BCUT2D eigenvalue weighted by Crippen LogP contribution is 2.58. The molecule has 2 saturated heterocycles. The lowest BCUT2D eigenvalue weighted by molar-refractivity contribution is -0.109. The van der Waals surface area contributed by atoms with Gasteiger partial charge in [-0.1, -0.05) is 77.7 Å². The van der Waals surface area contributed by atoms with E-state index in [0.29, 0.717) is 17.7 Å². The van der Waals surface area contributed by atoms with E-state index in [1.165, 1.54) is 16.3 Å². The molecule has 4 aromatic rings. The minimum Gasteiger partial charge on any atom is -0.497 e. The van der Waals surface area contributed by atoms with Gasteiger partial charge in [-0.25, -0.2) is 4.79 Å². The summed E-state index contributed by atoms with van der Waals surface area (Å²) in [6.45, 7) is 5.23. The maximum Gasteiger partial charge on any atom is 0.330 e. The summed E-state index contributed by atoms with van der Waals surface area (Å²) in [5.41, 5.74) is 1.02. The molecule has 1 unspecified atom stereocenters. The Hall–Kier alpha value is -3.42. The Balaban J connectivity index is 1.38. The second-order valence-corrected chi connectivity index (χ2v) is 17.8. The van der Waals surface area contributed by atoms with Gasteiger partial charge in [-0.05, 0) is 60.7 Å². The third-order valence-electron chi connectivity index (χ3n) is 9.40. The summed E-state index contributed by atoms with van der Waals surface area (Å²) in [5, 5.41) is 0.0959. The number of hydrogen-bond donors (Lipinski definition) is 1. The lowest BCUT2D eigenvalue weighted by atomic mass is 9.80. The molecule has 3 aromatic carbocycles. The van der Waals surface area contributed by atoms with Crippen molar-refractivity contribution in [1.82, 2.24) is 14.2 Å². The van der Waals surface area contributed by atoms with Crippen LogP contribution in [0.4, 0.5) is 0 Å². The van der Waals surface area contributed by atoms with Crippen LogP contribution in [0.15, 0.2) is 94.6 Å². The number of aromatic nitrogens is 2. The number of hydrogen-bond acceptors (Lipinski definition) is 11. The van der Waals surface area contributed by atoms with E-state index in [1.54, 1.807) is 45.6 Å². The van der Waals surface area contributed by atoms with E-state index >= 15 is 0 Å². The van der Waals surface area contributed by atoms with Crippen LogP contribution in [0.2, 0.25) is 0 Å². The third kappa shape index (κ3) is 9.28. The van der Waals surface area contributed by atoms with Gasteiger partial charge < -0.3 is 23.5 Å². The average molecular weight is 780 g/mol. The van der Waals surface area contributed by atoms with E-state index in [0.717, 1.165) is 59.9 Å². The molecule has 2 aliphatic heterocycles. The molecule has 1 aromatic heterocycles. The van der Waals surface area contributed by atoms with E-state index in [-0.39, 0.29) is 11.7 Å². The summed E-state index contributed by atoms with van der Waals surface area (Å²) in [6, 6.07) is 25.8. The van der Waals surface area contributed by atoms with Gasteiger partial charge in [-0.2, -0.15) is 0 Å². The van der Waals surface area contributed by atoms with Gasteiger partial charge in [0.05, 0.1) is 26.9 Å². The summed E-state index contributed by atoms with van der Waals surface area (Å²) in [6.07, 6.45) is 2.38. The first-order valence-electron chi connectivity index (χ1n) is 17.7. The Bertz CT molecular complexity index is 1870. The number of ether oxygens (including phenoxy) is 4. The summed E-state index contributed by atoms with van der Waals surface area (Å²) in [4.78, 5) is 39.5. The van der Waals surface area contributed by atoms with Crippen molar-refractivity contribution in [2.75, 3.05) is 45.4 Å². The number of aromatic amines is 1. The van der Waals surface area contributed by atoms with Gasteiger partial charge >= 0.3 is 5.69 Å². The first-order valence-corrected chi connectivity index (χ1v) is 21.4. The van der Waals surface area contributed by atoms with Crippen molar-refractivity contribution in [2.24, 2.45) is 0 Å². The van der Waals surface area contributed by atoms with Crippen molar-refractivity contribution in [3.05, 3.63) is 128 Å². The normalized spacial score (nSPS) is 19.7. The van der Waals surface area contributed by atoms with Gasteiger partial charge in [0.2, 0.25) is 0 Å². The fraction of sp³-hybridized carbons (Fsp3) is 0.410. The van der Waals surface area contributed by atoms with Crippen molar-refractivity contribution < 1.29 is 28.3 Å². The highest BCUT2D eigenvalue weighted by atomic mass is 32.7. The molecule has 0 radical (unpaired) electrons. The van der Waals surface area contributed by atoms with E-state index < -0.39 is 42.8 Å². The summed E-state index contributed by atoms with van der Waals surface area (Å²) < 4.78 is 35.9. The summed E-state index contributed by atoms with van der Waals surface area (Å²) in [5.74, 6) is 2.89. The Morgan fingerprint density at radius 3 is 2.09 bits per heavy atom. The van der Waals surface area contributed by atoms with E-state index in [1.807, 2.05) is 78.9 Å². The molecule has 0 amide bonds. The van der Waals surface area contributed by atoms with Crippen LogP contribution in [-0.4, -0.2) is 77.0 Å². The zero-order valence-electron chi connectivity index (χ0n) is 30.4. The van der Waals surface area contributed by atoms with E-state index in [2.05, 4.69) is 9.65 Å². The van der Waals surface area contributed by atoms with E-state index in [9.17, 15) is 14.4 Å². The molecule has 1 N–H and O–H groups in total. The number of aryl methyl sites for hydroxylation is 1. The molecule has 53 heavy (non-hydrogen) atoms. The highest BCUT2D eigenvalue weighted by molar-refractivity contribution is 8.53. The zero-order valence-corrected chi connectivity index (χ0v) is 32.9. The molecule has 0 spiro atoms. The van der Waals surface area contributed by atoms with Crippen LogP contribution in [-0.2, 0) is 24.4 Å². The van der Waals surface area contributed by atoms with Gasteiger partial charge in [0.25, 0.3) is 5.56 Å². The number of carbonyl (C=O) groups excluding carboxylic acids is 1. The topological polar surface area (TPSA) is 121 Å². The van der Waals surface area contributed by atoms with Crippen LogP contribution < -0.4 is 20.7 Å². The molecule has 2 aliphatic rings. The highest BCUT2D eigenvalue weighted by Gasteiger charge is 2.44. The SMILES string of the molecule is COc1ccc(C(OC[C@H]2O[C@@H](n3cc(C)c(=O)[nH]c3=O)C[C@@H]2OP(SCCSC(C)=O)N2CCCC2)(c2ccccc2)c2ccc(OC)cc2)cc1. The molecule has 0 aliphatic carbocycles.